The first-order chi connectivity index (χ1) is 13.0. The second kappa shape index (κ2) is 9.59. The van der Waals surface area contributed by atoms with E-state index < -0.39 is 0 Å². The van der Waals surface area contributed by atoms with Crippen LogP contribution in [0, 0.1) is 0 Å². The first-order valence-electron chi connectivity index (χ1n) is 8.60. The van der Waals surface area contributed by atoms with Gasteiger partial charge in [-0.15, -0.1) is 0 Å². The third-order valence-corrected chi connectivity index (χ3v) is 4.22. The van der Waals surface area contributed by atoms with Gasteiger partial charge in [0.1, 0.15) is 11.5 Å². The molecular weight excluding hydrogens is 344 g/mol. The van der Waals surface area contributed by atoms with Crippen LogP contribution in [0.15, 0.2) is 65.3 Å². The predicted molar refractivity (Wildman–Crippen MR) is 106 cm³/mol. The van der Waals surface area contributed by atoms with Gasteiger partial charge in [-0.2, -0.15) is 0 Å². The number of aliphatic imine (C=N–C) groups is 1. The minimum atomic E-state index is 0.0857. The summed E-state index contributed by atoms with van der Waals surface area (Å²) in [5.74, 6) is 1.09. The molecule has 2 rings (SSSR count). The monoisotopic (exact) mass is 370 g/mol. The number of ether oxygens (including phenoxy) is 1. The van der Waals surface area contributed by atoms with E-state index in [0.717, 1.165) is 11.3 Å². The third-order valence-electron chi connectivity index (χ3n) is 4.22. The van der Waals surface area contributed by atoms with Crippen LogP contribution in [0.3, 0.4) is 0 Å². The van der Waals surface area contributed by atoms with Crippen LogP contribution in [0.5, 0.6) is 0 Å². The highest BCUT2D eigenvalue weighted by molar-refractivity contribution is 5.62. The lowest BCUT2D eigenvalue weighted by Gasteiger charge is -2.30. The molecule has 7 heteroatoms. The summed E-state index contributed by atoms with van der Waals surface area (Å²) in [6.45, 7) is 8.73. The van der Waals surface area contributed by atoms with Crippen LogP contribution in [0.25, 0.3) is 5.76 Å². The second-order valence-electron chi connectivity index (χ2n) is 6.09. The lowest BCUT2D eigenvalue weighted by molar-refractivity contribution is -0.115. The van der Waals surface area contributed by atoms with Crippen molar-refractivity contribution in [1.29, 1.82) is 0 Å². The normalized spacial score (nSPS) is 14.0. The van der Waals surface area contributed by atoms with Crippen LogP contribution < -0.4 is 0 Å². The number of carbonyl (C=O) groups excluding carboxylic acids is 1. The minimum absolute atomic E-state index is 0.0857. The number of rotatable bonds is 10. The van der Waals surface area contributed by atoms with Crippen LogP contribution >= 0.6 is 0 Å². The van der Waals surface area contributed by atoms with Crippen molar-refractivity contribution in [2.75, 3.05) is 34.0 Å². The molecule has 1 N–H and O–H groups in total. The van der Waals surface area contributed by atoms with Crippen molar-refractivity contribution in [2.45, 2.75) is 6.42 Å². The molecule has 0 saturated heterocycles. The number of amides is 1. The molecule has 0 aliphatic carbocycles. The lowest BCUT2D eigenvalue weighted by Crippen LogP contribution is -2.30. The highest BCUT2D eigenvalue weighted by Gasteiger charge is 2.26. The van der Waals surface area contributed by atoms with Gasteiger partial charge < -0.3 is 24.5 Å². The van der Waals surface area contributed by atoms with Gasteiger partial charge in [-0.25, -0.2) is 4.99 Å². The summed E-state index contributed by atoms with van der Waals surface area (Å²) in [5.41, 5.74) is 2.22. The summed E-state index contributed by atoms with van der Waals surface area (Å²) in [7, 11) is 3.48. The maximum atomic E-state index is 11.3. The molecule has 1 aliphatic heterocycles. The van der Waals surface area contributed by atoms with E-state index in [1.54, 1.807) is 7.05 Å². The van der Waals surface area contributed by atoms with Crippen LogP contribution in [0.4, 0.5) is 0 Å². The zero-order valence-corrected chi connectivity index (χ0v) is 15.8. The number of likely N-dealkylation sites (N-methyl/N-ethyl adjacent to an activating group) is 1. The fourth-order valence-electron chi connectivity index (χ4n) is 2.69. The van der Waals surface area contributed by atoms with E-state index in [4.69, 9.17) is 9.84 Å². The van der Waals surface area contributed by atoms with Crippen molar-refractivity contribution < 1.29 is 14.6 Å². The van der Waals surface area contributed by atoms with Crippen molar-refractivity contribution in [3.8, 4) is 0 Å². The Morgan fingerprint density at radius 2 is 2.07 bits per heavy atom. The molecule has 0 spiro atoms. The van der Waals surface area contributed by atoms with Crippen molar-refractivity contribution in [2.24, 2.45) is 4.99 Å². The van der Waals surface area contributed by atoms with Gasteiger partial charge in [-0.1, -0.05) is 36.9 Å². The fourth-order valence-corrected chi connectivity index (χ4v) is 2.69. The van der Waals surface area contributed by atoms with E-state index in [2.05, 4.69) is 18.3 Å². The summed E-state index contributed by atoms with van der Waals surface area (Å²) >= 11 is 0. The fraction of sp³-hybridized carbons (Fsp3) is 0.300. The largest absolute Gasteiger partial charge is 0.471 e. The maximum absolute atomic E-state index is 11.3. The number of aliphatic hydroxyl groups excluding tert-OH is 1. The molecule has 7 nitrogen and oxygen atoms in total. The van der Waals surface area contributed by atoms with Gasteiger partial charge in [0.25, 0.3) is 0 Å². The summed E-state index contributed by atoms with van der Waals surface area (Å²) in [6.07, 6.45) is 3.13. The van der Waals surface area contributed by atoms with Crippen LogP contribution in [-0.2, 0) is 9.53 Å². The maximum Gasteiger partial charge on any atom is 0.215 e. The molecule has 0 unspecified atom stereocenters. The molecule has 0 bridgehead atoms. The SMILES string of the molecule is C=N/C(=C(/C(=C)N(C)CCCO)N1C=C(c2ccccc2)OC1)N(C)C=O. The zero-order valence-electron chi connectivity index (χ0n) is 15.8. The van der Waals surface area contributed by atoms with Crippen LogP contribution in [0.1, 0.15) is 12.0 Å². The van der Waals surface area contributed by atoms with E-state index in [9.17, 15) is 4.79 Å². The summed E-state index contributed by atoms with van der Waals surface area (Å²) in [5, 5.41) is 9.10. The smallest absolute Gasteiger partial charge is 0.215 e. The Labute approximate surface area is 160 Å². The Kier molecular flexibility index (Phi) is 7.19. The molecule has 144 valence electrons. The van der Waals surface area contributed by atoms with Gasteiger partial charge >= 0.3 is 0 Å². The molecule has 1 amide bonds. The van der Waals surface area contributed by atoms with Crippen LogP contribution in [0.2, 0.25) is 0 Å². The molecule has 1 heterocycles. The topological polar surface area (TPSA) is 68.6 Å². The molecule has 27 heavy (non-hydrogen) atoms. The van der Waals surface area contributed by atoms with Gasteiger partial charge in [0.15, 0.2) is 12.6 Å². The third kappa shape index (κ3) is 4.77. The Morgan fingerprint density at radius 3 is 2.67 bits per heavy atom. The van der Waals surface area contributed by atoms with Gasteiger partial charge in [0.05, 0.1) is 11.9 Å². The zero-order chi connectivity index (χ0) is 19.8. The summed E-state index contributed by atoms with van der Waals surface area (Å²) in [6, 6.07) is 9.75. The van der Waals surface area contributed by atoms with Gasteiger partial charge in [0.2, 0.25) is 6.41 Å². The van der Waals surface area contributed by atoms with Gasteiger partial charge in [-0.05, 0) is 13.1 Å². The number of aliphatic hydroxyl groups is 1. The molecule has 0 fully saturated rings. The van der Waals surface area contributed by atoms with E-state index >= 15 is 0 Å². The van der Waals surface area contributed by atoms with Gasteiger partial charge in [0, 0.05) is 32.8 Å². The molecule has 0 aromatic heterocycles. The number of hydrogen-bond donors (Lipinski definition) is 1. The van der Waals surface area contributed by atoms with Crippen molar-refractivity contribution in [1.82, 2.24) is 14.7 Å². The molecule has 1 aromatic carbocycles. The Hall–Kier alpha value is -3.06. The molecule has 0 saturated carbocycles. The van der Waals surface area contributed by atoms with E-state index in [1.807, 2.05) is 53.4 Å². The average molecular weight is 370 g/mol. The van der Waals surface area contributed by atoms with E-state index in [0.29, 0.717) is 36.6 Å². The molecular formula is C20H26N4O3. The van der Waals surface area contributed by atoms with E-state index in [1.165, 1.54) is 4.90 Å². The van der Waals surface area contributed by atoms with Crippen molar-refractivity contribution in [3.05, 3.63) is 65.9 Å². The van der Waals surface area contributed by atoms with Crippen LogP contribution in [-0.4, -0.2) is 66.9 Å². The first kappa shape index (κ1) is 20.3. The lowest BCUT2D eigenvalue weighted by atomic mass is 10.2. The number of nitrogens with zero attached hydrogens (tertiary/aromatic N) is 4. The van der Waals surface area contributed by atoms with Crippen molar-refractivity contribution >= 4 is 18.9 Å². The van der Waals surface area contributed by atoms with E-state index in [-0.39, 0.29) is 13.3 Å². The second-order valence-corrected chi connectivity index (χ2v) is 6.09. The molecule has 1 aromatic rings. The molecule has 0 atom stereocenters. The predicted octanol–water partition coefficient (Wildman–Crippen LogP) is 2.06. The summed E-state index contributed by atoms with van der Waals surface area (Å²) < 4.78 is 5.84. The minimum Gasteiger partial charge on any atom is -0.471 e. The summed E-state index contributed by atoms with van der Waals surface area (Å²) in [4.78, 5) is 20.5. The van der Waals surface area contributed by atoms with Crippen molar-refractivity contribution in [3.63, 3.8) is 0 Å². The Balaban J connectivity index is 2.43. The standard InChI is InChI=1S/C20H26N4O3/c1-16(22(3)11-8-12-25)19(20(21-2)23(4)14-26)24-13-18(27-15-24)17-9-6-5-7-10-17/h5-7,9-10,13-14,25H,1-2,8,11-12,15H2,3-4H3/b20-19+. The quantitative estimate of drug-likeness (QED) is 0.388. The number of hydrogen-bond acceptors (Lipinski definition) is 6. The Bertz CT molecular complexity index is 743. The highest BCUT2D eigenvalue weighted by Crippen LogP contribution is 2.30. The van der Waals surface area contributed by atoms with Gasteiger partial charge in [-0.3, -0.25) is 4.79 Å². The number of carbonyl (C=O) groups is 1. The highest BCUT2D eigenvalue weighted by atomic mass is 16.5. The Morgan fingerprint density at radius 1 is 1.37 bits per heavy atom. The first-order valence-corrected chi connectivity index (χ1v) is 8.60. The number of benzene rings is 1. The average Bonchev–Trinajstić information content (AvgIpc) is 3.19. The molecule has 1 aliphatic rings. The molecule has 0 radical (unpaired) electrons.